The number of hydrogen-bond acceptors (Lipinski definition) is 8. The van der Waals surface area contributed by atoms with Crippen molar-refractivity contribution in [1.82, 2.24) is 31.1 Å². The highest BCUT2D eigenvalue weighted by Crippen LogP contribution is 2.24. The third kappa shape index (κ3) is 11.1. The van der Waals surface area contributed by atoms with Gasteiger partial charge in [-0.25, -0.2) is 9.59 Å². The maximum Gasteiger partial charge on any atom is 0.326 e. The molecule has 0 aliphatic carbocycles. The van der Waals surface area contributed by atoms with Crippen LogP contribution < -0.4 is 21.3 Å². The lowest BCUT2D eigenvalue weighted by Gasteiger charge is -2.34. The Morgan fingerprint density at radius 2 is 1.27 bits per heavy atom. The number of nitrogens with one attached hydrogen (secondary N) is 4. The standard InChI is InChI=1S/C39H48N6O10/c46-32-22-30(39(54)55)43-36(50)31-12-7-17-45(31)33(47)14-13-28(38(52)53)42-34(48)27(23-40-35(49)29(41-32)21-25-10-5-2-6-11-25)37(51)44-18-15-26(16-19-44)20-24-8-3-1-4-9-24/h1-6,8-11,26-31H,7,12-23H2,(H,40,49)(H,41,46)(H,42,48)(H,43,50)(H,52,53)(H,54,55)/t27-,28-,29+,30-,31+/m1/s1. The number of carboxylic acid groups (broad SMARTS) is 2. The second kappa shape index (κ2) is 19.0. The highest BCUT2D eigenvalue weighted by molar-refractivity contribution is 6.02. The molecule has 3 heterocycles. The maximum absolute atomic E-state index is 14.0. The predicted octanol–water partition coefficient (Wildman–Crippen LogP) is 0.241. The van der Waals surface area contributed by atoms with Gasteiger partial charge in [0.05, 0.1) is 6.42 Å². The molecule has 294 valence electrons. The lowest BCUT2D eigenvalue weighted by atomic mass is 9.89. The zero-order valence-corrected chi connectivity index (χ0v) is 30.5. The summed E-state index contributed by atoms with van der Waals surface area (Å²) in [5.41, 5.74) is 1.81. The van der Waals surface area contributed by atoms with Gasteiger partial charge in [-0.3, -0.25) is 28.8 Å². The molecule has 0 radical (unpaired) electrons. The average molecular weight is 761 g/mol. The fraction of sp³-hybridized carbons (Fsp3) is 0.487. The maximum atomic E-state index is 14.0. The summed E-state index contributed by atoms with van der Waals surface area (Å²) in [7, 11) is 0. The van der Waals surface area contributed by atoms with E-state index >= 15 is 0 Å². The van der Waals surface area contributed by atoms with E-state index in [0.717, 1.165) is 6.42 Å². The van der Waals surface area contributed by atoms with Crippen molar-refractivity contribution in [3.63, 3.8) is 0 Å². The molecule has 3 fully saturated rings. The molecule has 3 saturated heterocycles. The van der Waals surface area contributed by atoms with E-state index in [1.807, 2.05) is 30.3 Å². The van der Waals surface area contributed by atoms with E-state index < -0.39 is 90.4 Å². The molecular weight excluding hydrogens is 712 g/mol. The molecule has 5 atom stereocenters. The fourth-order valence-corrected chi connectivity index (χ4v) is 7.39. The molecule has 6 amide bonds. The van der Waals surface area contributed by atoms with E-state index in [1.54, 1.807) is 30.3 Å². The molecule has 3 aliphatic heterocycles. The molecular formula is C39H48N6O10. The van der Waals surface area contributed by atoms with Crippen molar-refractivity contribution in [1.29, 1.82) is 0 Å². The van der Waals surface area contributed by atoms with E-state index in [4.69, 9.17) is 0 Å². The van der Waals surface area contributed by atoms with E-state index in [0.29, 0.717) is 43.8 Å². The summed E-state index contributed by atoms with van der Waals surface area (Å²) in [6.45, 7) is 0.300. The number of likely N-dealkylation sites (tertiary alicyclic amines) is 1. The van der Waals surface area contributed by atoms with Crippen LogP contribution >= 0.6 is 0 Å². The first-order valence-corrected chi connectivity index (χ1v) is 18.7. The number of fused-ring (bicyclic) bond motifs is 1. The number of amides is 6. The summed E-state index contributed by atoms with van der Waals surface area (Å²) in [6, 6.07) is 13.0. The monoisotopic (exact) mass is 760 g/mol. The van der Waals surface area contributed by atoms with Crippen molar-refractivity contribution in [2.75, 3.05) is 26.2 Å². The Bertz CT molecular complexity index is 1730. The van der Waals surface area contributed by atoms with Crippen LogP contribution in [0.3, 0.4) is 0 Å². The van der Waals surface area contributed by atoms with Crippen molar-refractivity contribution in [3.8, 4) is 0 Å². The van der Waals surface area contributed by atoms with Gasteiger partial charge in [0.2, 0.25) is 35.4 Å². The van der Waals surface area contributed by atoms with Gasteiger partial charge in [-0.1, -0.05) is 60.7 Å². The van der Waals surface area contributed by atoms with Crippen molar-refractivity contribution >= 4 is 47.4 Å². The van der Waals surface area contributed by atoms with Gasteiger partial charge in [0.25, 0.3) is 0 Å². The molecule has 16 heteroatoms. The van der Waals surface area contributed by atoms with E-state index in [2.05, 4.69) is 21.3 Å². The lowest BCUT2D eigenvalue weighted by Crippen LogP contribution is -2.55. The Labute approximate surface area is 318 Å². The summed E-state index contributed by atoms with van der Waals surface area (Å²) in [5.74, 6) is -8.80. The largest absolute Gasteiger partial charge is 0.480 e. The predicted molar refractivity (Wildman–Crippen MR) is 196 cm³/mol. The Hall–Kier alpha value is -5.80. The summed E-state index contributed by atoms with van der Waals surface area (Å²) < 4.78 is 0. The summed E-state index contributed by atoms with van der Waals surface area (Å²) >= 11 is 0. The normalized spacial score (nSPS) is 25.2. The molecule has 2 aromatic rings. The SMILES string of the molecule is O=C1C[C@H](C(=O)O)NC(=O)[C@@H]2CCCN2C(=O)CC[C@H](C(=O)O)NC(=O)[C@H](C(=O)N2CCC(Cc3ccccc3)CC2)CNC(=O)[C@H](Cc2ccccc2)N1. The number of piperidine rings is 1. The van der Waals surface area contributed by atoms with Gasteiger partial charge in [0.15, 0.2) is 0 Å². The second-order valence-corrected chi connectivity index (χ2v) is 14.4. The molecule has 55 heavy (non-hydrogen) atoms. The van der Waals surface area contributed by atoms with Crippen LogP contribution in [0.5, 0.6) is 0 Å². The number of carbonyl (C=O) groups excluding carboxylic acids is 6. The fourth-order valence-electron chi connectivity index (χ4n) is 7.39. The minimum Gasteiger partial charge on any atom is -0.480 e. The number of nitrogens with zero attached hydrogens (tertiary/aromatic N) is 2. The van der Waals surface area contributed by atoms with Crippen LogP contribution in [-0.4, -0.2) is 118 Å². The zero-order valence-electron chi connectivity index (χ0n) is 30.5. The zero-order chi connectivity index (χ0) is 39.5. The van der Waals surface area contributed by atoms with Crippen LogP contribution in [0.15, 0.2) is 60.7 Å². The molecule has 0 spiro atoms. The summed E-state index contributed by atoms with van der Waals surface area (Å²) in [4.78, 5) is 109. The Balaban J connectivity index is 1.40. The van der Waals surface area contributed by atoms with Gasteiger partial charge in [-0.2, -0.15) is 0 Å². The molecule has 0 bridgehead atoms. The Morgan fingerprint density at radius 1 is 0.673 bits per heavy atom. The number of carbonyl (C=O) groups is 8. The van der Waals surface area contributed by atoms with Crippen molar-refractivity contribution in [2.45, 2.75) is 82.0 Å². The molecule has 0 aromatic heterocycles. The van der Waals surface area contributed by atoms with Crippen LogP contribution in [0.2, 0.25) is 0 Å². The van der Waals surface area contributed by atoms with Gasteiger partial charge >= 0.3 is 11.9 Å². The molecule has 2 aromatic carbocycles. The van der Waals surface area contributed by atoms with Crippen LogP contribution in [0, 0.1) is 11.8 Å². The van der Waals surface area contributed by atoms with Gasteiger partial charge in [-0.05, 0) is 55.6 Å². The topological polar surface area (TPSA) is 232 Å². The minimum atomic E-state index is -1.69. The van der Waals surface area contributed by atoms with Crippen molar-refractivity contribution < 1.29 is 48.6 Å². The third-order valence-corrected chi connectivity index (χ3v) is 10.5. The first-order chi connectivity index (χ1) is 26.4. The average Bonchev–Trinajstić information content (AvgIpc) is 3.67. The van der Waals surface area contributed by atoms with Crippen LogP contribution in [-0.2, 0) is 51.2 Å². The van der Waals surface area contributed by atoms with Gasteiger partial charge in [-0.15, -0.1) is 0 Å². The molecule has 5 rings (SSSR count). The number of benzene rings is 2. The van der Waals surface area contributed by atoms with Crippen molar-refractivity contribution in [2.24, 2.45) is 11.8 Å². The number of aliphatic carboxylic acids is 2. The highest BCUT2D eigenvalue weighted by Gasteiger charge is 2.39. The number of hydrogen-bond donors (Lipinski definition) is 6. The molecule has 16 nitrogen and oxygen atoms in total. The molecule has 0 unspecified atom stereocenters. The number of carboxylic acids is 2. The molecule has 6 N–H and O–H groups in total. The minimum absolute atomic E-state index is 0.0392. The Morgan fingerprint density at radius 3 is 1.89 bits per heavy atom. The number of rotatable bonds is 7. The Kier molecular flexibility index (Phi) is 13.9. The second-order valence-electron chi connectivity index (χ2n) is 14.4. The van der Waals surface area contributed by atoms with Gasteiger partial charge in [0.1, 0.15) is 30.1 Å². The smallest absolute Gasteiger partial charge is 0.326 e. The van der Waals surface area contributed by atoms with Crippen LogP contribution in [0.25, 0.3) is 0 Å². The van der Waals surface area contributed by atoms with Crippen molar-refractivity contribution in [3.05, 3.63) is 71.8 Å². The highest BCUT2D eigenvalue weighted by atomic mass is 16.4. The lowest BCUT2D eigenvalue weighted by molar-refractivity contribution is -0.148. The van der Waals surface area contributed by atoms with Gasteiger partial charge in [0, 0.05) is 39.0 Å². The first-order valence-electron chi connectivity index (χ1n) is 18.7. The van der Waals surface area contributed by atoms with Gasteiger partial charge < -0.3 is 41.3 Å². The first kappa shape index (κ1) is 40.4. The molecule has 3 aliphatic rings. The quantitative estimate of drug-likeness (QED) is 0.211. The summed E-state index contributed by atoms with van der Waals surface area (Å²) in [5, 5.41) is 29.8. The van der Waals surface area contributed by atoms with Crippen LogP contribution in [0.1, 0.15) is 56.1 Å². The van der Waals surface area contributed by atoms with Crippen LogP contribution in [0.4, 0.5) is 0 Å². The van der Waals surface area contributed by atoms with E-state index in [1.165, 1.54) is 15.4 Å². The van der Waals surface area contributed by atoms with E-state index in [9.17, 15) is 48.6 Å². The third-order valence-electron chi connectivity index (χ3n) is 10.5. The molecule has 0 saturated carbocycles. The summed E-state index contributed by atoms with van der Waals surface area (Å²) in [6.07, 6.45) is 1.28. The van der Waals surface area contributed by atoms with E-state index in [-0.39, 0.29) is 32.2 Å².